The maximum absolute atomic E-state index is 12.5. The Balaban J connectivity index is 2.38. The number of nitrogens with one attached hydrogen (secondary N) is 1. The Morgan fingerprint density at radius 3 is 2.39 bits per heavy atom. The molecule has 0 bridgehead atoms. The van der Waals surface area contributed by atoms with Crippen LogP contribution in [0.5, 0.6) is 5.75 Å². The van der Waals surface area contributed by atoms with Crippen LogP contribution < -0.4 is 10.1 Å². The minimum absolute atomic E-state index is 0.00541. The summed E-state index contributed by atoms with van der Waals surface area (Å²) in [5, 5.41) is 2.80. The molecule has 0 saturated heterocycles. The number of amides is 1. The molecule has 0 aliphatic carbocycles. The monoisotopic (exact) mass is 655 g/mol. The number of carbonyl (C=O) groups is 2. The summed E-state index contributed by atoms with van der Waals surface area (Å²) in [4.78, 5) is 24.4. The van der Waals surface area contributed by atoms with E-state index in [-0.39, 0.29) is 28.5 Å². The number of ether oxygens (including phenoxy) is 5. The molecule has 0 unspecified atom stereocenters. The van der Waals surface area contributed by atoms with Gasteiger partial charge in [0.2, 0.25) is 5.91 Å². The first kappa shape index (κ1) is 40.5. The van der Waals surface area contributed by atoms with Crippen LogP contribution >= 0.6 is 21.6 Å². The van der Waals surface area contributed by atoms with Crippen molar-refractivity contribution in [2.24, 2.45) is 11.8 Å². The summed E-state index contributed by atoms with van der Waals surface area (Å²) in [6.45, 7) is 18.7. The first-order valence-corrected chi connectivity index (χ1v) is 18.0. The van der Waals surface area contributed by atoms with Crippen molar-refractivity contribution in [3.63, 3.8) is 0 Å². The molecule has 1 aromatic carbocycles. The average molecular weight is 656 g/mol. The molecular weight excluding hydrogens is 599 g/mol. The van der Waals surface area contributed by atoms with Gasteiger partial charge in [0.15, 0.2) is 0 Å². The normalized spacial score (nSPS) is 12.8. The highest BCUT2D eigenvalue weighted by Gasteiger charge is 2.18. The van der Waals surface area contributed by atoms with E-state index in [1.807, 2.05) is 36.4 Å². The smallest absolute Gasteiger partial charge is 0.246 e. The SMILES string of the molecule is CC(C)/C=C/CNC(=O)COCCO[C@H](COc1cccc(CC(=O)CCOCCOCCCC(C)C)c1)SSC(C)(C)C. The van der Waals surface area contributed by atoms with Gasteiger partial charge in [0.1, 0.15) is 30.2 Å². The Labute approximate surface area is 274 Å². The number of Topliss-reactive ketones (excluding diaryl/α,β-unsaturated/α-hetero) is 1. The number of hydrogen-bond acceptors (Lipinski definition) is 9. The largest absolute Gasteiger partial charge is 0.490 e. The standard InChI is InChI=1S/C34H57NO7S2/c1-27(2)11-9-16-35-32(37)25-40-21-22-41-33(43-44-34(5,6)7)26-42-31-14-8-13-29(24-31)23-30(36)15-18-39-20-19-38-17-10-12-28(3)4/h8-9,11,13-14,24,27-28,33H,10,12,15-23,25-26H2,1-7H3,(H,35,37)/b11-9+/t33-/m0/s1. The molecule has 0 radical (unpaired) electrons. The molecule has 1 amide bonds. The van der Waals surface area contributed by atoms with Crippen LogP contribution in [0.1, 0.15) is 73.3 Å². The zero-order valence-electron chi connectivity index (χ0n) is 28.1. The van der Waals surface area contributed by atoms with Crippen LogP contribution in [0.3, 0.4) is 0 Å². The van der Waals surface area contributed by atoms with E-state index in [2.05, 4.69) is 53.8 Å². The molecule has 1 aromatic rings. The number of rotatable bonds is 26. The highest BCUT2D eigenvalue weighted by molar-refractivity contribution is 8.77. The molecule has 1 rings (SSSR count). The Kier molecular flexibility index (Phi) is 22.7. The van der Waals surface area contributed by atoms with Gasteiger partial charge in [-0.15, -0.1) is 0 Å². The summed E-state index contributed by atoms with van der Waals surface area (Å²) >= 11 is 0. The van der Waals surface area contributed by atoms with Crippen molar-refractivity contribution in [2.75, 3.05) is 59.4 Å². The zero-order valence-corrected chi connectivity index (χ0v) is 29.7. The number of carbonyl (C=O) groups excluding carboxylic acids is 2. The highest BCUT2D eigenvalue weighted by Crippen LogP contribution is 2.38. The van der Waals surface area contributed by atoms with Crippen molar-refractivity contribution >= 4 is 33.3 Å². The molecule has 10 heteroatoms. The second-order valence-corrected chi connectivity index (χ2v) is 15.5. The van der Waals surface area contributed by atoms with Crippen LogP contribution in [0.15, 0.2) is 36.4 Å². The molecule has 0 saturated carbocycles. The summed E-state index contributed by atoms with van der Waals surface area (Å²) in [7, 11) is 3.33. The molecule has 0 spiro atoms. The molecule has 0 aliphatic rings. The lowest BCUT2D eigenvalue weighted by molar-refractivity contribution is -0.126. The quantitative estimate of drug-likeness (QED) is 0.0495. The first-order chi connectivity index (χ1) is 20.9. The van der Waals surface area contributed by atoms with Gasteiger partial charge in [0, 0.05) is 30.7 Å². The van der Waals surface area contributed by atoms with Gasteiger partial charge < -0.3 is 29.0 Å². The van der Waals surface area contributed by atoms with Gasteiger partial charge >= 0.3 is 0 Å². The molecule has 252 valence electrons. The van der Waals surface area contributed by atoms with Crippen LogP contribution in [0, 0.1) is 11.8 Å². The van der Waals surface area contributed by atoms with Gasteiger partial charge in [-0.1, -0.05) is 94.3 Å². The maximum atomic E-state index is 12.5. The number of hydrogen-bond donors (Lipinski definition) is 1. The third-order valence-electron chi connectivity index (χ3n) is 5.76. The van der Waals surface area contributed by atoms with Crippen LogP contribution in [-0.2, 0) is 35.0 Å². The lowest BCUT2D eigenvalue weighted by Crippen LogP contribution is -2.28. The van der Waals surface area contributed by atoms with E-state index in [4.69, 9.17) is 23.7 Å². The molecule has 0 aliphatic heterocycles. The van der Waals surface area contributed by atoms with E-state index in [1.54, 1.807) is 21.6 Å². The van der Waals surface area contributed by atoms with Crippen molar-refractivity contribution in [2.45, 2.75) is 84.3 Å². The van der Waals surface area contributed by atoms with Crippen LogP contribution in [0.25, 0.3) is 0 Å². The minimum atomic E-state index is -0.237. The Morgan fingerprint density at radius 1 is 0.955 bits per heavy atom. The van der Waals surface area contributed by atoms with Crippen molar-refractivity contribution in [3.8, 4) is 5.75 Å². The van der Waals surface area contributed by atoms with Gasteiger partial charge in [-0.05, 0) is 42.4 Å². The molecule has 1 atom stereocenters. The van der Waals surface area contributed by atoms with E-state index < -0.39 is 0 Å². The van der Waals surface area contributed by atoms with Crippen molar-refractivity contribution < 1.29 is 33.3 Å². The molecule has 0 fully saturated rings. The van der Waals surface area contributed by atoms with E-state index in [1.165, 1.54) is 6.42 Å². The zero-order chi connectivity index (χ0) is 32.6. The summed E-state index contributed by atoms with van der Waals surface area (Å²) in [6, 6.07) is 7.62. The van der Waals surface area contributed by atoms with Crippen LogP contribution in [0.2, 0.25) is 0 Å². The summed E-state index contributed by atoms with van der Waals surface area (Å²) in [5.41, 5.74) is 0.668. The lowest BCUT2D eigenvalue weighted by Gasteiger charge is -2.22. The fourth-order valence-electron chi connectivity index (χ4n) is 3.60. The summed E-state index contributed by atoms with van der Waals surface area (Å²) < 4.78 is 28.8. The number of ketones is 1. The third kappa shape index (κ3) is 24.7. The lowest BCUT2D eigenvalue weighted by atomic mass is 10.1. The van der Waals surface area contributed by atoms with Gasteiger partial charge in [0.05, 0.1) is 33.0 Å². The van der Waals surface area contributed by atoms with Gasteiger partial charge in [-0.25, -0.2) is 0 Å². The molecule has 8 nitrogen and oxygen atoms in total. The minimum Gasteiger partial charge on any atom is -0.490 e. The van der Waals surface area contributed by atoms with Crippen molar-refractivity contribution in [1.82, 2.24) is 5.32 Å². The highest BCUT2D eigenvalue weighted by atomic mass is 33.1. The molecule has 0 aromatic heterocycles. The number of allylic oxidation sites excluding steroid dienone is 1. The molecular formula is C34H57NO7S2. The molecule has 1 N–H and O–H groups in total. The Bertz CT molecular complexity index is 934. The van der Waals surface area contributed by atoms with E-state index >= 15 is 0 Å². The predicted molar refractivity (Wildman–Crippen MR) is 183 cm³/mol. The predicted octanol–water partition coefficient (Wildman–Crippen LogP) is 6.90. The topological polar surface area (TPSA) is 92.3 Å². The van der Waals surface area contributed by atoms with E-state index in [0.717, 1.165) is 18.6 Å². The third-order valence-corrected chi connectivity index (χ3v) is 9.28. The van der Waals surface area contributed by atoms with Gasteiger partial charge in [-0.3, -0.25) is 9.59 Å². The fraction of sp³-hybridized carbons (Fsp3) is 0.706. The average Bonchev–Trinajstić information content (AvgIpc) is 2.94. The number of benzene rings is 1. The Morgan fingerprint density at radius 2 is 1.68 bits per heavy atom. The molecule has 0 heterocycles. The fourth-order valence-corrected chi connectivity index (χ4v) is 5.79. The van der Waals surface area contributed by atoms with Gasteiger partial charge in [-0.2, -0.15) is 0 Å². The van der Waals surface area contributed by atoms with Crippen molar-refractivity contribution in [1.29, 1.82) is 0 Å². The van der Waals surface area contributed by atoms with Crippen LogP contribution in [0.4, 0.5) is 0 Å². The van der Waals surface area contributed by atoms with E-state index in [0.29, 0.717) is 76.6 Å². The first-order valence-electron chi connectivity index (χ1n) is 15.8. The Hall–Kier alpha value is -1.56. The second kappa shape index (κ2) is 24.6. The van der Waals surface area contributed by atoms with Crippen molar-refractivity contribution in [3.05, 3.63) is 42.0 Å². The molecule has 44 heavy (non-hydrogen) atoms. The van der Waals surface area contributed by atoms with E-state index in [9.17, 15) is 9.59 Å². The second-order valence-electron chi connectivity index (χ2n) is 12.3. The van der Waals surface area contributed by atoms with Gasteiger partial charge in [0.25, 0.3) is 0 Å². The van der Waals surface area contributed by atoms with Crippen LogP contribution in [-0.4, -0.2) is 81.3 Å². The summed E-state index contributed by atoms with van der Waals surface area (Å²) in [6.07, 6.45) is 6.92. The maximum Gasteiger partial charge on any atom is 0.246 e. The summed E-state index contributed by atoms with van der Waals surface area (Å²) in [5.74, 6) is 1.81.